The van der Waals surface area contributed by atoms with Crippen LogP contribution in [0.15, 0.2) is 83.8 Å². The lowest BCUT2D eigenvalue weighted by molar-refractivity contribution is 0.102. The van der Waals surface area contributed by atoms with Gasteiger partial charge in [-0.2, -0.15) is 9.78 Å². The van der Waals surface area contributed by atoms with Crippen molar-refractivity contribution in [2.45, 2.75) is 0 Å². The molecule has 1 aromatic heterocycles. The number of aromatic nitrogens is 2. The Kier molecular flexibility index (Phi) is 4.83. The van der Waals surface area contributed by atoms with Gasteiger partial charge in [-0.1, -0.05) is 18.2 Å². The van der Waals surface area contributed by atoms with Crippen LogP contribution in [0.4, 0.5) is 11.4 Å². The van der Waals surface area contributed by atoms with Crippen molar-refractivity contribution < 1.29 is 4.79 Å². The molecular formula is C23H20N4O2. The summed E-state index contributed by atoms with van der Waals surface area (Å²) in [5.41, 5.74) is 2.69. The molecule has 0 aliphatic carbocycles. The number of hydrogen-bond acceptors (Lipinski definition) is 4. The van der Waals surface area contributed by atoms with Crippen LogP contribution in [0, 0.1) is 0 Å². The molecule has 1 heterocycles. The summed E-state index contributed by atoms with van der Waals surface area (Å²) in [4.78, 5) is 27.2. The number of amides is 1. The van der Waals surface area contributed by atoms with E-state index in [-0.39, 0.29) is 11.5 Å². The second-order valence-electron chi connectivity index (χ2n) is 6.89. The van der Waals surface area contributed by atoms with Crippen molar-refractivity contribution in [1.29, 1.82) is 0 Å². The Morgan fingerprint density at radius 2 is 1.62 bits per heavy atom. The average Bonchev–Trinajstić information content (AvgIpc) is 2.75. The van der Waals surface area contributed by atoms with E-state index in [1.807, 2.05) is 61.5 Å². The van der Waals surface area contributed by atoms with Crippen LogP contribution >= 0.6 is 0 Å². The molecule has 1 amide bonds. The van der Waals surface area contributed by atoms with E-state index in [1.54, 1.807) is 36.5 Å². The number of benzene rings is 3. The normalized spacial score (nSPS) is 10.7. The molecule has 0 atom stereocenters. The molecule has 4 rings (SSSR count). The third-order valence-electron chi connectivity index (χ3n) is 4.71. The molecule has 0 unspecified atom stereocenters. The van der Waals surface area contributed by atoms with Crippen LogP contribution in [-0.2, 0) is 0 Å². The predicted octanol–water partition coefficient (Wildman–Crippen LogP) is 3.70. The topological polar surface area (TPSA) is 67.2 Å². The van der Waals surface area contributed by atoms with Gasteiger partial charge in [0.1, 0.15) is 0 Å². The molecule has 4 aromatic rings. The summed E-state index contributed by atoms with van der Waals surface area (Å²) in [6.07, 6.45) is 1.66. The number of anilines is 2. The molecule has 0 spiro atoms. The van der Waals surface area contributed by atoms with Crippen LogP contribution in [0.25, 0.3) is 16.5 Å². The van der Waals surface area contributed by atoms with Gasteiger partial charge in [0.05, 0.1) is 17.3 Å². The summed E-state index contributed by atoms with van der Waals surface area (Å²) in [5.74, 6) is -0.215. The first-order valence-corrected chi connectivity index (χ1v) is 9.19. The second kappa shape index (κ2) is 7.59. The second-order valence-corrected chi connectivity index (χ2v) is 6.89. The van der Waals surface area contributed by atoms with Crippen LogP contribution in [0.1, 0.15) is 10.4 Å². The van der Waals surface area contributed by atoms with Gasteiger partial charge in [-0.15, -0.1) is 0 Å². The van der Waals surface area contributed by atoms with Crippen molar-refractivity contribution in [1.82, 2.24) is 9.78 Å². The zero-order valence-corrected chi connectivity index (χ0v) is 16.2. The molecule has 29 heavy (non-hydrogen) atoms. The average molecular weight is 384 g/mol. The van der Waals surface area contributed by atoms with Crippen molar-refractivity contribution in [2.75, 3.05) is 24.3 Å². The zero-order valence-electron chi connectivity index (χ0n) is 16.2. The van der Waals surface area contributed by atoms with Gasteiger partial charge < -0.3 is 10.2 Å². The molecular weight excluding hydrogens is 364 g/mol. The summed E-state index contributed by atoms with van der Waals surface area (Å²) in [7, 11) is 3.93. The number of fused-ring (bicyclic) bond motifs is 1. The Morgan fingerprint density at radius 1 is 0.931 bits per heavy atom. The minimum atomic E-state index is -0.215. The molecule has 6 heteroatoms. The number of rotatable bonds is 4. The van der Waals surface area contributed by atoms with Gasteiger partial charge in [-0.3, -0.25) is 9.59 Å². The molecule has 144 valence electrons. The fourth-order valence-electron chi connectivity index (χ4n) is 3.07. The molecule has 6 nitrogen and oxygen atoms in total. The first-order chi connectivity index (χ1) is 14.0. The van der Waals surface area contributed by atoms with E-state index in [1.165, 1.54) is 4.68 Å². The lowest BCUT2D eigenvalue weighted by Gasteiger charge is -2.13. The maximum atomic E-state index is 12.7. The van der Waals surface area contributed by atoms with E-state index < -0.39 is 0 Å². The monoisotopic (exact) mass is 384 g/mol. The van der Waals surface area contributed by atoms with Crippen LogP contribution in [0.3, 0.4) is 0 Å². The highest BCUT2D eigenvalue weighted by atomic mass is 16.1. The van der Waals surface area contributed by atoms with Crippen molar-refractivity contribution in [3.63, 3.8) is 0 Å². The minimum absolute atomic E-state index is 0.193. The highest BCUT2D eigenvalue weighted by Gasteiger charge is 2.09. The molecule has 0 saturated carbocycles. The van der Waals surface area contributed by atoms with E-state index in [4.69, 9.17) is 0 Å². The fraction of sp³-hybridized carbons (Fsp3) is 0.0870. The van der Waals surface area contributed by atoms with Gasteiger partial charge in [-0.25, -0.2) is 0 Å². The molecule has 0 radical (unpaired) electrons. The maximum absolute atomic E-state index is 12.7. The molecule has 3 aromatic carbocycles. The number of carbonyl (C=O) groups is 1. The molecule has 0 aliphatic rings. The van der Waals surface area contributed by atoms with Crippen molar-refractivity contribution >= 4 is 28.1 Å². The minimum Gasteiger partial charge on any atom is -0.378 e. The van der Waals surface area contributed by atoms with E-state index >= 15 is 0 Å². The van der Waals surface area contributed by atoms with Crippen LogP contribution in [0.5, 0.6) is 0 Å². The third kappa shape index (κ3) is 3.73. The summed E-state index contributed by atoms with van der Waals surface area (Å²) in [6, 6.07) is 21.7. The van der Waals surface area contributed by atoms with Crippen LogP contribution in [-0.4, -0.2) is 29.8 Å². The number of hydrogen-bond donors (Lipinski definition) is 1. The largest absolute Gasteiger partial charge is 0.378 e. The number of nitrogens with zero attached hydrogens (tertiary/aromatic N) is 3. The molecule has 0 saturated heterocycles. The van der Waals surface area contributed by atoms with Crippen molar-refractivity contribution in [2.24, 2.45) is 0 Å². The van der Waals surface area contributed by atoms with Gasteiger partial charge in [0.2, 0.25) is 0 Å². The van der Waals surface area contributed by atoms with Gasteiger partial charge in [0, 0.05) is 36.4 Å². The fourth-order valence-corrected chi connectivity index (χ4v) is 3.07. The molecule has 0 bridgehead atoms. The lowest BCUT2D eigenvalue weighted by Crippen LogP contribution is -2.21. The van der Waals surface area contributed by atoms with Gasteiger partial charge >= 0.3 is 0 Å². The van der Waals surface area contributed by atoms with E-state index in [2.05, 4.69) is 10.4 Å². The summed E-state index contributed by atoms with van der Waals surface area (Å²) < 4.78 is 1.34. The Bertz CT molecular complexity index is 1230. The van der Waals surface area contributed by atoms with E-state index in [0.717, 1.165) is 16.8 Å². The highest BCUT2D eigenvalue weighted by Crippen LogP contribution is 2.17. The Morgan fingerprint density at radius 3 is 2.31 bits per heavy atom. The van der Waals surface area contributed by atoms with E-state index in [0.29, 0.717) is 16.6 Å². The summed E-state index contributed by atoms with van der Waals surface area (Å²) in [6.45, 7) is 0. The smallest absolute Gasteiger partial charge is 0.279 e. The van der Waals surface area contributed by atoms with Gasteiger partial charge in [0.25, 0.3) is 11.5 Å². The maximum Gasteiger partial charge on any atom is 0.279 e. The molecule has 0 fully saturated rings. The Balaban J connectivity index is 1.55. The van der Waals surface area contributed by atoms with Crippen LogP contribution in [0.2, 0.25) is 0 Å². The zero-order chi connectivity index (χ0) is 20.4. The Hall–Kier alpha value is -3.93. The summed E-state index contributed by atoms with van der Waals surface area (Å²) in [5, 5.41) is 8.52. The first-order valence-electron chi connectivity index (χ1n) is 9.19. The molecule has 1 N–H and O–H groups in total. The number of carbonyl (C=O) groups excluding carboxylic acids is 1. The molecule has 0 aliphatic heterocycles. The Labute approximate surface area is 168 Å². The standard InChI is InChI=1S/C23H20N4O2/c1-26(2)19-13-9-18(10-14-19)25-22(28)16-7-11-20(12-8-16)27-23(29)21-6-4-3-5-17(21)15-24-27/h3-15H,1-2H3,(H,25,28). The SMILES string of the molecule is CN(C)c1ccc(NC(=O)c2ccc(-n3ncc4ccccc4c3=O)cc2)cc1. The highest BCUT2D eigenvalue weighted by molar-refractivity contribution is 6.04. The van der Waals surface area contributed by atoms with Gasteiger partial charge in [0.15, 0.2) is 0 Å². The van der Waals surface area contributed by atoms with E-state index in [9.17, 15) is 9.59 Å². The van der Waals surface area contributed by atoms with Crippen LogP contribution < -0.4 is 15.8 Å². The lowest BCUT2D eigenvalue weighted by atomic mass is 10.1. The van der Waals surface area contributed by atoms with Crippen molar-refractivity contribution in [3.8, 4) is 5.69 Å². The predicted molar refractivity (Wildman–Crippen MR) is 116 cm³/mol. The summed E-state index contributed by atoms with van der Waals surface area (Å²) >= 11 is 0. The third-order valence-corrected chi connectivity index (χ3v) is 4.71. The van der Waals surface area contributed by atoms with Gasteiger partial charge in [-0.05, 0) is 54.6 Å². The first kappa shape index (κ1) is 18.4. The quantitative estimate of drug-likeness (QED) is 0.583. The van der Waals surface area contributed by atoms with Crippen molar-refractivity contribution in [3.05, 3.63) is 94.9 Å². The number of nitrogens with one attached hydrogen (secondary N) is 1.